The fourth-order valence-corrected chi connectivity index (χ4v) is 5.18. The zero-order valence-corrected chi connectivity index (χ0v) is 21.7. The molecule has 8 heteroatoms. The summed E-state index contributed by atoms with van der Waals surface area (Å²) >= 11 is 0. The van der Waals surface area contributed by atoms with Crippen LogP contribution in [-0.2, 0) is 19.1 Å². The van der Waals surface area contributed by atoms with Crippen LogP contribution in [0.2, 0.25) is 0 Å². The molecule has 0 aromatic rings. The summed E-state index contributed by atoms with van der Waals surface area (Å²) in [5.41, 5.74) is 0. The van der Waals surface area contributed by atoms with Gasteiger partial charge in [-0.25, -0.2) is 4.79 Å². The van der Waals surface area contributed by atoms with E-state index < -0.39 is 18.2 Å². The van der Waals surface area contributed by atoms with Gasteiger partial charge in [-0.3, -0.25) is 9.59 Å². The summed E-state index contributed by atoms with van der Waals surface area (Å²) in [6.45, 7) is 3.15. The standard InChI is InChI=1S/C27H47N3O5/c1-2-3-4-5-6-7-8-12-17-35-27(34)30-24(18-21-13-10-9-11-14-21)26(33)29-23(20-31)19-22-15-16-28-25(22)32/h20-24H,2-19H2,1H3,(H,28,32)(H,29,33)(H,30,34)/t22-,23-,24-/m0/s1. The van der Waals surface area contributed by atoms with Gasteiger partial charge in [-0.2, -0.15) is 0 Å². The maximum absolute atomic E-state index is 13.1. The molecule has 2 rings (SSSR count). The first-order valence-corrected chi connectivity index (χ1v) is 14.0. The Morgan fingerprint density at radius 1 is 0.971 bits per heavy atom. The van der Waals surface area contributed by atoms with E-state index in [4.69, 9.17) is 4.74 Å². The Balaban J connectivity index is 1.78. The zero-order valence-electron chi connectivity index (χ0n) is 21.7. The molecule has 0 aromatic heterocycles. The molecule has 0 radical (unpaired) electrons. The lowest BCUT2D eigenvalue weighted by atomic mass is 9.84. The lowest BCUT2D eigenvalue weighted by Gasteiger charge is -2.27. The number of hydrogen-bond donors (Lipinski definition) is 3. The Kier molecular flexibility index (Phi) is 14.4. The first-order chi connectivity index (χ1) is 17.0. The van der Waals surface area contributed by atoms with E-state index >= 15 is 0 Å². The average molecular weight is 494 g/mol. The minimum absolute atomic E-state index is 0.0764. The zero-order chi connectivity index (χ0) is 25.3. The monoisotopic (exact) mass is 493 g/mol. The van der Waals surface area contributed by atoms with Gasteiger partial charge >= 0.3 is 6.09 Å². The molecule has 3 N–H and O–H groups in total. The van der Waals surface area contributed by atoms with Gasteiger partial charge in [-0.05, 0) is 31.6 Å². The van der Waals surface area contributed by atoms with Crippen molar-refractivity contribution in [3.05, 3.63) is 0 Å². The molecule has 0 aromatic carbocycles. The van der Waals surface area contributed by atoms with Crippen LogP contribution < -0.4 is 16.0 Å². The largest absolute Gasteiger partial charge is 0.450 e. The Morgan fingerprint density at radius 3 is 2.29 bits per heavy atom. The number of nitrogens with one attached hydrogen (secondary N) is 3. The third-order valence-corrected chi connectivity index (χ3v) is 7.33. The van der Waals surface area contributed by atoms with Crippen LogP contribution in [0, 0.1) is 11.8 Å². The highest BCUT2D eigenvalue weighted by Gasteiger charge is 2.31. The van der Waals surface area contributed by atoms with Gasteiger partial charge in [0.15, 0.2) is 0 Å². The molecule has 1 heterocycles. The number of hydrogen-bond acceptors (Lipinski definition) is 5. The van der Waals surface area contributed by atoms with Crippen molar-refractivity contribution in [3.8, 4) is 0 Å². The van der Waals surface area contributed by atoms with Crippen LogP contribution in [0.5, 0.6) is 0 Å². The minimum atomic E-state index is -0.750. The predicted molar refractivity (Wildman–Crippen MR) is 136 cm³/mol. The van der Waals surface area contributed by atoms with E-state index in [9.17, 15) is 19.2 Å². The van der Waals surface area contributed by atoms with Crippen molar-refractivity contribution in [2.45, 2.75) is 122 Å². The van der Waals surface area contributed by atoms with Crippen LogP contribution in [0.15, 0.2) is 0 Å². The topological polar surface area (TPSA) is 114 Å². The predicted octanol–water partition coefficient (Wildman–Crippen LogP) is 4.40. The van der Waals surface area contributed by atoms with Gasteiger partial charge in [-0.1, -0.05) is 84.0 Å². The second kappa shape index (κ2) is 17.3. The Labute approximate surface area is 211 Å². The van der Waals surface area contributed by atoms with E-state index in [0.717, 1.165) is 44.9 Å². The Hall–Kier alpha value is -2.12. The van der Waals surface area contributed by atoms with Crippen molar-refractivity contribution in [3.63, 3.8) is 0 Å². The number of amides is 3. The van der Waals surface area contributed by atoms with Gasteiger partial charge in [0.25, 0.3) is 0 Å². The van der Waals surface area contributed by atoms with E-state index in [2.05, 4.69) is 22.9 Å². The van der Waals surface area contributed by atoms with Crippen molar-refractivity contribution in [2.24, 2.45) is 11.8 Å². The number of alkyl carbamates (subject to hydrolysis) is 1. The molecule has 1 saturated carbocycles. The van der Waals surface area contributed by atoms with Crippen molar-refractivity contribution >= 4 is 24.2 Å². The Morgan fingerprint density at radius 2 is 1.66 bits per heavy atom. The number of carbonyl (C=O) groups excluding carboxylic acids is 4. The van der Waals surface area contributed by atoms with Crippen LogP contribution in [0.1, 0.15) is 110 Å². The summed E-state index contributed by atoms with van der Waals surface area (Å²) in [4.78, 5) is 49.0. The number of rotatable bonds is 17. The minimum Gasteiger partial charge on any atom is -0.450 e. The summed E-state index contributed by atoms with van der Waals surface area (Å²) in [5.74, 6) is -0.364. The summed E-state index contributed by atoms with van der Waals surface area (Å²) in [7, 11) is 0. The number of unbranched alkanes of at least 4 members (excludes halogenated alkanes) is 7. The lowest BCUT2D eigenvalue weighted by Crippen LogP contribution is -2.51. The molecule has 1 aliphatic carbocycles. The molecule has 3 amide bonds. The molecular weight excluding hydrogens is 446 g/mol. The molecular formula is C27H47N3O5. The van der Waals surface area contributed by atoms with Crippen molar-refractivity contribution in [1.29, 1.82) is 0 Å². The van der Waals surface area contributed by atoms with Crippen LogP contribution in [-0.4, -0.2) is 49.4 Å². The fraction of sp³-hybridized carbons (Fsp3) is 0.852. The molecule has 2 fully saturated rings. The molecule has 1 saturated heterocycles. The van der Waals surface area contributed by atoms with Crippen molar-refractivity contribution in [1.82, 2.24) is 16.0 Å². The summed E-state index contributed by atoms with van der Waals surface area (Å²) in [6, 6.07) is -1.50. The van der Waals surface area contributed by atoms with Crippen molar-refractivity contribution < 1.29 is 23.9 Å². The van der Waals surface area contributed by atoms with Crippen molar-refractivity contribution in [2.75, 3.05) is 13.2 Å². The summed E-state index contributed by atoms with van der Waals surface area (Å²) < 4.78 is 5.36. The first kappa shape index (κ1) is 29.1. The van der Waals surface area contributed by atoms with E-state index in [0.29, 0.717) is 38.2 Å². The third kappa shape index (κ3) is 11.9. The molecule has 35 heavy (non-hydrogen) atoms. The highest BCUT2D eigenvalue weighted by molar-refractivity contribution is 5.88. The lowest BCUT2D eigenvalue weighted by molar-refractivity contribution is -0.127. The smallest absolute Gasteiger partial charge is 0.407 e. The van der Waals surface area contributed by atoms with Crippen LogP contribution >= 0.6 is 0 Å². The van der Waals surface area contributed by atoms with Crippen LogP contribution in [0.4, 0.5) is 4.79 Å². The van der Waals surface area contributed by atoms with E-state index in [-0.39, 0.29) is 24.2 Å². The Bertz CT molecular complexity index is 651. The number of carbonyl (C=O) groups is 4. The third-order valence-electron chi connectivity index (χ3n) is 7.33. The second-order valence-electron chi connectivity index (χ2n) is 10.3. The number of ether oxygens (including phenoxy) is 1. The molecule has 0 spiro atoms. The molecule has 8 nitrogen and oxygen atoms in total. The second-order valence-corrected chi connectivity index (χ2v) is 10.3. The van der Waals surface area contributed by atoms with Gasteiger partial charge in [0, 0.05) is 12.5 Å². The average Bonchev–Trinajstić information content (AvgIpc) is 3.26. The van der Waals surface area contributed by atoms with E-state index in [1.54, 1.807) is 0 Å². The molecule has 3 atom stereocenters. The van der Waals surface area contributed by atoms with Gasteiger partial charge in [-0.15, -0.1) is 0 Å². The van der Waals surface area contributed by atoms with Crippen LogP contribution in [0.25, 0.3) is 0 Å². The quantitative estimate of drug-likeness (QED) is 0.205. The van der Waals surface area contributed by atoms with Gasteiger partial charge in [0.1, 0.15) is 12.3 Å². The summed E-state index contributed by atoms with van der Waals surface area (Å²) in [6.07, 6.45) is 16.4. The van der Waals surface area contributed by atoms with E-state index in [1.165, 1.54) is 38.5 Å². The summed E-state index contributed by atoms with van der Waals surface area (Å²) in [5, 5.41) is 8.27. The normalized spacial score (nSPS) is 20.0. The molecule has 2 aliphatic rings. The highest BCUT2D eigenvalue weighted by Crippen LogP contribution is 2.27. The molecule has 200 valence electrons. The van der Waals surface area contributed by atoms with Gasteiger partial charge in [0.2, 0.25) is 11.8 Å². The SMILES string of the molecule is CCCCCCCCCCOC(=O)N[C@@H](CC1CCCCC1)C(=O)N[C@H](C=O)C[C@@H]1CCNC1=O. The highest BCUT2D eigenvalue weighted by atomic mass is 16.5. The first-order valence-electron chi connectivity index (χ1n) is 14.0. The van der Waals surface area contributed by atoms with Crippen LogP contribution in [0.3, 0.4) is 0 Å². The maximum Gasteiger partial charge on any atom is 0.407 e. The molecule has 0 unspecified atom stereocenters. The van der Waals surface area contributed by atoms with Gasteiger partial charge < -0.3 is 25.5 Å². The fourth-order valence-electron chi connectivity index (χ4n) is 5.18. The van der Waals surface area contributed by atoms with Gasteiger partial charge in [0.05, 0.1) is 12.6 Å². The molecule has 0 bridgehead atoms. The number of aldehydes is 1. The maximum atomic E-state index is 13.1. The van der Waals surface area contributed by atoms with E-state index in [1.807, 2.05) is 0 Å². The molecule has 1 aliphatic heterocycles.